The average Bonchev–Trinajstić information content (AvgIpc) is 2.70. The van der Waals surface area contributed by atoms with Crippen LogP contribution < -0.4 is 4.74 Å². The van der Waals surface area contributed by atoms with Crippen LogP contribution in [0.25, 0.3) is 10.8 Å². The zero-order valence-corrected chi connectivity index (χ0v) is 15.5. The van der Waals surface area contributed by atoms with Crippen molar-refractivity contribution in [2.24, 2.45) is 5.92 Å². The molecule has 0 amide bonds. The van der Waals surface area contributed by atoms with Crippen molar-refractivity contribution >= 4 is 16.7 Å². The number of hydrogen-bond donors (Lipinski definition) is 0. The molecule has 4 rings (SSSR count). The van der Waals surface area contributed by atoms with Crippen LogP contribution in [0, 0.1) is 5.92 Å². The average molecular weight is 359 g/mol. The summed E-state index contributed by atoms with van der Waals surface area (Å²) in [5.74, 6) is 1.16. The molecule has 0 aliphatic carbocycles. The number of benzene rings is 3. The summed E-state index contributed by atoms with van der Waals surface area (Å²) >= 11 is 0. The highest BCUT2D eigenvalue weighted by Crippen LogP contribution is 2.23. The maximum Gasteiger partial charge on any atom is 0.325 e. The van der Waals surface area contributed by atoms with E-state index in [9.17, 15) is 4.79 Å². The van der Waals surface area contributed by atoms with Gasteiger partial charge < -0.3 is 4.74 Å². The molecule has 0 radical (unpaired) electrons. The summed E-state index contributed by atoms with van der Waals surface area (Å²) in [7, 11) is 0. The molecule has 1 heterocycles. The van der Waals surface area contributed by atoms with Gasteiger partial charge in [0.1, 0.15) is 5.75 Å². The highest BCUT2D eigenvalue weighted by molar-refractivity contribution is 5.85. The molecule has 1 aliphatic heterocycles. The molecule has 3 nitrogen and oxygen atoms in total. The van der Waals surface area contributed by atoms with Gasteiger partial charge in [0.25, 0.3) is 0 Å². The van der Waals surface area contributed by atoms with Crippen molar-refractivity contribution < 1.29 is 9.53 Å². The van der Waals surface area contributed by atoms with E-state index in [1.165, 1.54) is 5.56 Å². The van der Waals surface area contributed by atoms with Crippen molar-refractivity contribution in [1.82, 2.24) is 4.90 Å². The van der Waals surface area contributed by atoms with Gasteiger partial charge >= 0.3 is 5.97 Å². The second-order valence-corrected chi connectivity index (χ2v) is 7.39. The molecular formula is C24H25NO2. The monoisotopic (exact) mass is 359 g/mol. The maximum atomic E-state index is 12.3. The van der Waals surface area contributed by atoms with E-state index in [4.69, 9.17) is 4.74 Å². The fourth-order valence-electron chi connectivity index (χ4n) is 3.87. The van der Waals surface area contributed by atoms with Crippen LogP contribution in [0.3, 0.4) is 0 Å². The predicted octanol–water partition coefficient (Wildman–Crippen LogP) is 4.70. The van der Waals surface area contributed by atoms with Crippen LogP contribution >= 0.6 is 0 Å². The van der Waals surface area contributed by atoms with Crippen molar-refractivity contribution in [3.63, 3.8) is 0 Å². The molecule has 0 aromatic heterocycles. The standard InChI is InChI=1S/C24H25NO2/c26-24(27-23-11-10-21-8-4-5-9-22(21)17-23)18-25-14-12-20(13-15-25)16-19-6-2-1-3-7-19/h1-11,17,20H,12-16,18H2. The van der Waals surface area contributed by atoms with E-state index in [1.807, 2.05) is 36.4 Å². The van der Waals surface area contributed by atoms with Crippen molar-refractivity contribution in [3.05, 3.63) is 78.4 Å². The van der Waals surface area contributed by atoms with Crippen LogP contribution in [0.15, 0.2) is 72.8 Å². The van der Waals surface area contributed by atoms with Crippen LogP contribution in [0.1, 0.15) is 18.4 Å². The van der Waals surface area contributed by atoms with Crippen molar-refractivity contribution in [2.75, 3.05) is 19.6 Å². The Morgan fingerprint density at radius 3 is 2.37 bits per heavy atom. The third kappa shape index (κ3) is 4.75. The highest BCUT2D eigenvalue weighted by Gasteiger charge is 2.21. The Hall–Kier alpha value is -2.65. The Morgan fingerprint density at radius 2 is 1.59 bits per heavy atom. The van der Waals surface area contributed by atoms with Crippen molar-refractivity contribution in [3.8, 4) is 5.75 Å². The molecule has 1 aliphatic rings. The number of esters is 1. The number of ether oxygens (including phenoxy) is 1. The molecule has 0 saturated carbocycles. The molecular weight excluding hydrogens is 334 g/mol. The first-order valence-electron chi connectivity index (χ1n) is 9.72. The molecule has 0 bridgehead atoms. The van der Waals surface area contributed by atoms with Crippen LogP contribution in [-0.4, -0.2) is 30.5 Å². The van der Waals surface area contributed by atoms with Gasteiger partial charge in [0, 0.05) is 0 Å². The lowest BCUT2D eigenvalue weighted by molar-refractivity contribution is -0.136. The Balaban J connectivity index is 1.26. The van der Waals surface area contributed by atoms with E-state index < -0.39 is 0 Å². The molecule has 1 fully saturated rings. The van der Waals surface area contributed by atoms with E-state index in [0.29, 0.717) is 18.2 Å². The Morgan fingerprint density at radius 1 is 0.889 bits per heavy atom. The fourth-order valence-corrected chi connectivity index (χ4v) is 3.87. The van der Waals surface area contributed by atoms with Gasteiger partial charge in [0.2, 0.25) is 0 Å². The Bertz CT molecular complexity index is 898. The molecule has 1 saturated heterocycles. The van der Waals surface area contributed by atoms with Crippen LogP contribution in [-0.2, 0) is 11.2 Å². The summed E-state index contributed by atoms with van der Waals surface area (Å²) in [4.78, 5) is 14.5. The van der Waals surface area contributed by atoms with Crippen LogP contribution in [0.2, 0.25) is 0 Å². The third-order valence-corrected chi connectivity index (χ3v) is 5.38. The summed E-state index contributed by atoms with van der Waals surface area (Å²) in [5.41, 5.74) is 1.41. The summed E-state index contributed by atoms with van der Waals surface area (Å²) in [6.07, 6.45) is 3.41. The number of rotatable bonds is 5. The second-order valence-electron chi connectivity index (χ2n) is 7.39. The zero-order chi connectivity index (χ0) is 18.5. The van der Waals surface area contributed by atoms with Gasteiger partial charge in [-0.3, -0.25) is 9.69 Å². The minimum absolute atomic E-state index is 0.174. The van der Waals surface area contributed by atoms with Gasteiger partial charge in [-0.25, -0.2) is 0 Å². The van der Waals surface area contributed by atoms with Gasteiger partial charge in [0.05, 0.1) is 6.54 Å². The molecule has 0 N–H and O–H groups in total. The summed E-state index contributed by atoms with van der Waals surface area (Å²) in [6, 6.07) is 24.6. The van der Waals surface area contributed by atoms with Gasteiger partial charge in [0.15, 0.2) is 0 Å². The number of hydrogen-bond acceptors (Lipinski definition) is 3. The van der Waals surface area contributed by atoms with E-state index in [2.05, 4.69) is 41.3 Å². The first-order chi connectivity index (χ1) is 13.3. The first-order valence-corrected chi connectivity index (χ1v) is 9.72. The lowest BCUT2D eigenvalue weighted by atomic mass is 9.90. The van der Waals surface area contributed by atoms with Crippen molar-refractivity contribution in [2.45, 2.75) is 19.3 Å². The number of carbonyl (C=O) groups is 1. The van der Waals surface area contributed by atoms with E-state index in [-0.39, 0.29) is 5.97 Å². The molecule has 3 heteroatoms. The lowest BCUT2D eigenvalue weighted by Gasteiger charge is -2.31. The fraction of sp³-hybridized carbons (Fsp3) is 0.292. The lowest BCUT2D eigenvalue weighted by Crippen LogP contribution is -2.39. The largest absolute Gasteiger partial charge is 0.426 e. The number of carbonyl (C=O) groups excluding carboxylic acids is 1. The van der Waals surface area contributed by atoms with Crippen molar-refractivity contribution in [1.29, 1.82) is 0 Å². The van der Waals surface area contributed by atoms with Gasteiger partial charge in [-0.15, -0.1) is 0 Å². The topological polar surface area (TPSA) is 29.5 Å². The van der Waals surface area contributed by atoms with E-state index in [0.717, 1.165) is 43.1 Å². The second kappa shape index (κ2) is 8.36. The summed E-state index contributed by atoms with van der Waals surface area (Å²) in [6.45, 7) is 2.29. The zero-order valence-electron chi connectivity index (χ0n) is 15.5. The maximum absolute atomic E-state index is 12.3. The molecule has 0 unspecified atom stereocenters. The number of nitrogens with zero attached hydrogens (tertiary/aromatic N) is 1. The number of piperidine rings is 1. The SMILES string of the molecule is O=C(CN1CCC(Cc2ccccc2)CC1)Oc1ccc2ccccc2c1. The van der Waals surface area contributed by atoms with Crippen LogP contribution in [0.4, 0.5) is 0 Å². The summed E-state index contributed by atoms with van der Waals surface area (Å²) in [5, 5.41) is 2.24. The Kier molecular flexibility index (Phi) is 5.50. The quantitative estimate of drug-likeness (QED) is 0.488. The molecule has 0 spiro atoms. The molecule has 3 aromatic rings. The number of fused-ring (bicyclic) bond motifs is 1. The molecule has 3 aromatic carbocycles. The minimum atomic E-state index is -0.174. The first kappa shape index (κ1) is 17.7. The van der Waals surface area contributed by atoms with Gasteiger partial charge in [-0.2, -0.15) is 0 Å². The van der Waals surface area contributed by atoms with Crippen LogP contribution in [0.5, 0.6) is 5.75 Å². The summed E-state index contributed by atoms with van der Waals surface area (Å²) < 4.78 is 5.57. The molecule has 138 valence electrons. The van der Waals surface area contributed by atoms with Gasteiger partial charge in [-0.1, -0.05) is 60.7 Å². The van der Waals surface area contributed by atoms with E-state index >= 15 is 0 Å². The van der Waals surface area contributed by atoms with Gasteiger partial charge in [-0.05, 0) is 66.7 Å². The highest BCUT2D eigenvalue weighted by atomic mass is 16.5. The van der Waals surface area contributed by atoms with E-state index in [1.54, 1.807) is 0 Å². The molecule has 27 heavy (non-hydrogen) atoms. The minimum Gasteiger partial charge on any atom is -0.426 e. The smallest absolute Gasteiger partial charge is 0.325 e. The normalized spacial score (nSPS) is 15.7. The Labute approximate surface area is 160 Å². The number of likely N-dealkylation sites (tertiary alicyclic amines) is 1. The predicted molar refractivity (Wildman–Crippen MR) is 109 cm³/mol. The third-order valence-electron chi connectivity index (χ3n) is 5.38. The molecule has 0 atom stereocenters.